The molecule has 2 aromatic carbocycles. The zero-order valence-corrected chi connectivity index (χ0v) is 15.4. The van der Waals surface area contributed by atoms with Gasteiger partial charge in [-0.15, -0.1) is 0 Å². The molecule has 1 aromatic heterocycles. The molecule has 0 spiro atoms. The van der Waals surface area contributed by atoms with Gasteiger partial charge >= 0.3 is 0 Å². The van der Waals surface area contributed by atoms with Crippen LogP contribution in [0.3, 0.4) is 0 Å². The first-order chi connectivity index (χ1) is 13.4. The van der Waals surface area contributed by atoms with Gasteiger partial charge in [0, 0.05) is 41.8 Å². The molecule has 28 heavy (non-hydrogen) atoms. The van der Waals surface area contributed by atoms with Crippen LogP contribution in [-0.4, -0.2) is 28.9 Å². The highest BCUT2D eigenvalue weighted by atomic mass is 35.5. The number of carbonyl (C=O) groups excluding carboxylic acids is 1. The number of benzene rings is 2. The molecule has 0 saturated carbocycles. The Morgan fingerprint density at radius 1 is 1.25 bits per heavy atom. The first-order valence-electron chi connectivity index (χ1n) is 8.72. The number of rotatable bonds is 3. The Morgan fingerprint density at radius 2 is 2.07 bits per heavy atom. The fourth-order valence-corrected chi connectivity index (χ4v) is 3.60. The minimum absolute atomic E-state index is 0.0467. The van der Waals surface area contributed by atoms with Gasteiger partial charge < -0.3 is 10.3 Å². The summed E-state index contributed by atoms with van der Waals surface area (Å²) in [7, 11) is 0. The number of halogens is 3. The third kappa shape index (κ3) is 3.50. The van der Waals surface area contributed by atoms with Gasteiger partial charge in [-0.3, -0.25) is 14.5 Å². The van der Waals surface area contributed by atoms with Crippen molar-refractivity contribution in [3.63, 3.8) is 0 Å². The Bertz CT molecular complexity index is 1150. The van der Waals surface area contributed by atoms with Gasteiger partial charge in [0.15, 0.2) is 11.2 Å². The average Bonchev–Trinajstić information content (AvgIpc) is 2.66. The topological polar surface area (TPSA) is 65.2 Å². The quantitative estimate of drug-likeness (QED) is 0.704. The van der Waals surface area contributed by atoms with Gasteiger partial charge in [-0.25, -0.2) is 8.78 Å². The zero-order valence-electron chi connectivity index (χ0n) is 14.7. The number of aromatic amines is 1. The van der Waals surface area contributed by atoms with Gasteiger partial charge in [0.05, 0.1) is 17.1 Å². The maximum Gasteiger partial charge on any atom is 0.238 e. The molecule has 0 bridgehead atoms. The van der Waals surface area contributed by atoms with Crippen LogP contribution in [0.25, 0.3) is 10.9 Å². The summed E-state index contributed by atoms with van der Waals surface area (Å²) in [6, 6.07) is 8.49. The summed E-state index contributed by atoms with van der Waals surface area (Å²) in [6.45, 7) is 0.844. The van der Waals surface area contributed by atoms with Crippen LogP contribution < -0.4 is 10.7 Å². The van der Waals surface area contributed by atoms with Gasteiger partial charge in [0.2, 0.25) is 5.91 Å². The van der Waals surface area contributed by atoms with Crippen molar-refractivity contribution in [1.82, 2.24) is 9.88 Å². The van der Waals surface area contributed by atoms with E-state index in [1.807, 2.05) is 4.90 Å². The van der Waals surface area contributed by atoms with E-state index in [4.69, 9.17) is 11.6 Å². The summed E-state index contributed by atoms with van der Waals surface area (Å²) >= 11 is 5.81. The Hall–Kier alpha value is -2.77. The number of H-pyrrole nitrogens is 1. The maximum atomic E-state index is 14.2. The van der Waals surface area contributed by atoms with Crippen molar-refractivity contribution < 1.29 is 13.6 Å². The lowest BCUT2D eigenvalue weighted by Gasteiger charge is -2.28. The Kier molecular flexibility index (Phi) is 4.87. The number of aromatic nitrogens is 1. The number of carbonyl (C=O) groups is 1. The number of fused-ring (bicyclic) bond motifs is 2. The zero-order chi connectivity index (χ0) is 19.8. The van der Waals surface area contributed by atoms with Crippen molar-refractivity contribution in [2.75, 3.05) is 18.4 Å². The first kappa shape index (κ1) is 18.6. The van der Waals surface area contributed by atoms with Gasteiger partial charge in [-0.2, -0.15) is 0 Å². The highest BCUT2D eigenvalue weighted by Crippen LogP contribution is 2.24. The first-order valence-corrected chi connectivity index (χ1v) is 9.09. The average molecular weight is 404 g/mol. The van der Waals surface area contributed by atoms with Crippen molar-refractivity contribution in [3.8, 4) is 0 Å². The van der Waals surface area contributed by atoms with Crippen molar-refractivity contribution in [2.24, 2.45) is 0 Å². The molecule has 0 atom stereocenters. The predicted molar refractivity (Wildman–Crippen MR) is 104 cm³/mol. The van der Waals surface area contributed by atoms with Crippen molar-refractivity contribution in [2.45, 2.75) is 13.0 Å². The Balaban J connectivity index is 1.54. The van der Waals surface area contributed by atoms with Crippen LogP contribution >= 0.6 is 11.6 Å². The number of anilines is 1. The van der Waals surface area contributed by atoms with Gasteiger partial charge in [-0.1, -0.05) is 17.7 Å². The molecule has 144 valence electrons. The Morgan fingerprint density at radius 3 is 2.86 bits per heavy atom. The summed E-state index contributed by atoms with van der Waals surface area (Å²) in [4.78, 5) is 29.9. The van der Waals surface area contributed by atoms with Crippen LogP contribution in [-0.2, 0) is 17.8 Å². The smallest absolute Gasteiger partial charge is 0.238 e. The molecule has 3 aromatic rings. The summed E-state index contributed by atoms with van der Waals surface area (Å²) in [6.07, 6.45) is 0.472. The van der Waals surface area contributed by atoms with Gasteiger partial charge in [0.1, 0.15) is 5.82 Å². The minimum atomic E-state index is -0.643. The lowest BCUT2D eigenvalue weighted by Crippen LogP contribution is -2.39. The predicted octanol–water partition coefficient (Wildman–Crippen LogP) is 3.46. The van der Waals surface area contributed by atoms with E-state index in [0.717, 1.165) is 0 Å². The number of hydrogen-bond donors (Lipinski definition) is 2. The monoisotopic (exact) mass is 403 g/mol. The molecule has 0 saturated heterocycles. The van der Waals surface area contributed by atoms with Crippen LogP contribution in [0.2, 0.25) is 5.02 Å². The standard InChI is InChI=1S/C20H16ClF2N3O2/c21-15-5-4-13-19(18(15)23)25-16-6-7-26(9-14(16)20(13)28)10-17(27)24-12-3-1-2-11(22)8-12/h1-5,8H,6-7,9-10H2,(H,24,27)(H,25,28). The summed E-state index contributed by atoms with van der Waals surface area (Å²) in [5, 5.41) is 2.82. The Labute approximate surface area is 163 Å². The summed E-state index contributed by atoms with van der Waals surface area (Å²) < 4.78 is 27.5. The molecule has 0 aliphatic carbocycles. The van der Waals surface area contributed by atoms with E-state index in [9.17, 15) is 18.4 Å². The maximum absolute atomic E-state index is 14.2. The van der Waals surface area contributed by atoms with Crippen LogP contribution in [0.5, 0.6) is 0 Å². The molecule has 4 rings (SSSR count). The van der Waals surface area contributed by atoms with E-state index in [2.05, 4.69) is 10.3 Å². The fourth-order valence-electron chi connectivity index (χ4n) is 3.45. The molecule has 5 nitrogen and oxygen atoms in total. The van der Waals surface area contributed by atoms with Crippen molar-refractivity contribution >= 4 is 34.1 Å². The summed E-state index contributed by atoms with van der Waals surface area (Å²) in [5.74, 6) is -1.38. The van der Waals surface area contributed by atoms with Crippen LogP contribution in [0.1, 0.15) is 11.3 Å². The van der Waals surface area contributed by atoms with Crippen LogP contribution in [0, 0.1) is 11.6 Å². The fraction of sp³-hybridized carbons (Fsp3) is 0.200. The molecule has 2 heterocycles. The molecule has 0 radical (unpaired) electrons. The van der Waals surface area contributed by atoms with Crippen LogP contribution in [0.4, 0.5) is 14.5 Å². The lowest BCUT2D eigenvalue weighted by atomic mass is 10.0. The normalized spacial score (nSPS) is 14.1. The van der Waals surface area contributed by atoms with E-state index < -0.39 is 11.6 Å². The largest absolute Gasteiger partial charge is 0.355 e. The second-order valence-electron chi connectivity index (χ2n) is 6.71. The number of hydrogen-bond acceptors (Lipinski definition) is 3. The molecule has 0 fully saturated rings. The number of amides is 1. The van der Waals surface area contributed by atoms with Crippen molar-refractivity contribution in [3.05, 3.63) is 74.5 Å². The molecule has 1 aliphatic heterocycles. The molecule has 0 unspecified atom stereocenters. The van der Waals surface area contributed by atoms with E-state index in [0.29, 0.717) is 29.9 Å². The van der Waals surface area contributed by atoms with Crippen LogP contribution in [0.15, 0.2) is 41.2 Å². The third-order valence-corrected chi connectivity index (χ3v) is 5.08. The molecule has 1 amide bonds. The van der Waals surface area contributed by atoms with Gasteiger partial charge in [-0.05, 0) is 30.3 Å². The highest BCUT2D eigenvalue weighted by molar-refractivity contribution is 6.31. The number of pyridine rings is 1. The number of nitrogens with one attached hydrogen (secondary N) is 2. The molecule has 1 aliphatic rings. The molecular weight excluding hydrogens is 388 g/mol. The van der Waals surface area contributed by atoms with E-state index in [1.165, 1.54) is 30.3 Å². The molecule has 8 heteroatoms. The highest BCUT2D eigenvalue weighted by Gasteiger charge is 2.23. The second-order valence-corrected chi connectivity index (χ2v) is 7.12. The number of nitrogens with zero attached hydrogens (tertiary/aromatic N) is 1. The molecular formula is C20H16ClF2N3O2. The second kappa shape index (κ2) is 7.33. The van der Waals surface area contributed by atoms with E-state index in [-0.39, 0.29) is 40.4 Å². The molecule has 2 N–H and O–H groups in total. The third-order valence-electron chi connectivity index (χ3n) is 4.79. The lowest BCUT2D eigenvalue weighted by molar-refractivity contribution is -0.117. The van der Waals surface area contributed by atoms with E-state index >= 15 is 0 Å². The van der Waals surface area contributed by atoms with Gasteiger partial charge in [0.25, 0.3) is 0 Å². The van der Waals surface area contributed by atoms with Crippen molar-refractivity contribution in [1.29, 1.82) is 0 Å². The SMILES string of the molecule is O=C(CN1CCc2[nH]c3c(F)c(Cl)ccc3c(=O)c2C1)Nc1cccc(F)c1. The summed E-state index contributed by atoms with van der Waals surface area (Å²) in [5.41, 5.74) is 1.38. The minimum Gasteiger partial charge on any atom is -0.355 e. The van der Waals surface area contributed by atoms with E-state index in [1.54, 1.807) is 6.07 Å².